The molecule has 0 atom stereocenters. The number of phenolic OH excluding ortho intramolecular Hbond substituents is 2. The molecular weight excluding hydrogens is 336 g/mol. The molecule has 3 aromatic rings. The summed E-state index contributed by atoms with van der Waals surface area (Å²) in [5.41, 5.74) is 7.93. The van der Waals surface area contributed by atoms with Crippen LogP contribution in [0, 0.1) is 13.8 Å². The molecule has 0 bridgehead atoms. The summed E-state index contributed by atoms with van der Waals surface area (Å²) in [4.78, 5) is 8.31. The van der Waals surface area contributed by atoms with Gasteiger partial charge >= 0.3 is 0 Å². The predicted octanol–water partition coefficient (Wildman–Crippen LogP) is 4.91. The molecule has 0 unspecified atom stereocenters. The standard InChI is InChI=1S/C23H26N2O2/c1-12(2)17-11-21(26)14(4)18(23(17)27)10-20-22-16(7-8-24-20)15-6-5-13(3)9-19(15)25-22/h5-6,9,11-12,25-27H,7-8,10H2,1-4H3. The molecule has 2 heterocycles. The number of benzene rings is 2. The minimum atomic E-state index is 0.134. The van der Waals surface area contributed by atoms with Crippen LogP contribution in [-0.2, 0) is 12.8 Å². The first-order valence-electron chi connectivity index (χ1n) is 9.56. The van der Waals surface area contributed by atoms with Gasteiger partial charge in [-0.05, 0) is 55.0 Å². The zero-order valence-corrected chi connectivity index (χ0v) is 16.3. The fraction of sp³-hybridized carbons (Fsp3) is 0.348. The lowest BCUT2D eigenvalue weighted by atomic mass is 9.90. The summed E-state index contributed by atoms with van der Waals surface area (Å²) in [5, 5.41) is 22.5. The van der Waals surface area contributed by atoms with Gasteiger partial charge < -0.3 is 15.2 Å². The molecule has 0 saturated heterocycles. The summed E-state index contributed by atoms with van der Waals surface area (Å²) in [6.45, 7) is 8.73. The minimum absolute atomic E-state index is 0.134. The Hall–Kier alpha value is -2.75. The Balaban J connectivity index is 1.81. The summed E-state index contributed by atoms with van der Waals surface area (Å²) in [6, 6.07) is 8.16. The average molecular weight is 362 g/mol. The number of aromatic amines is 1. The van der Waals surface area contributed by atoms with E-state index in [0.29, 0.717) is 6.42 Å². The Morgan fingerprint density at radius 1 is 1.15 bits per heavy atom. The molecule has 1 aromatic heterocycles. The quantitative estimate of drug-likeness (QED) is 0.580. The van der Waals surface area contributed by atoms with Crippen LogP contribution in [-0.4, -0.2) is 27.5 Å². The van der Waals surface area contributed by atoms with Gasteiger partial charge in [0.05, 0.1) is 11.4 Å². The van der Waals surface area contributed by atoms with Gasteiger partial charge in [-0.15, -0.1) is 0 Å². The van der Waals surface area contributed by atoms with Gasteiger partial charge in [0.2, 0.25) is 0 Å². The van der Waals surface area contributed by atoms with Gasteiger partial charge in [0.25, 0.3) is 0 Å². The van der Waals surface area contributed by atoms with E-state index in [1.165, 1.54) is 16.5 Å². The fourth-order valence-electron chi connectivity index (χ4n) is 4.06. The van der Waals surface area contributed by atoms with E-state index in [2.05, 4.69) is 30.1 Å². The van der Waals surface area contributed by atoms with Crippen molar-refractivity contribution < 1.29 is 10.2 Å². The average Bonchev–Trinajstić information content (AvgIpc) is 2.99. The third-order valence-electron chi connectivity index (χ3n) is 5.67. The number of hydrogen-bond acceptors (Lipinski definition) is 3. The number of aromatic hydroxyl groups is 2. The molecule has 3 N–H and O–H groups in total. The third kappa shape index (κ3) is 2.89. The van der Waals surface area contributed by atoms with Crippen LogP contribution in [0.25, 0.3) is 10.9 Å². The van der Waals surface area contributed by atoms with Crippen molar-refractivity contribution in [3.05, 3.63) is 57.8 Å². The molecule has 0 radical (unpaired) electrons. The predicted molar refractivity (Wildman–Crippen MR) is 110 cm³/mol. The maximum absolute atomic E-state index is 10.8. The van der Waals surface area contributed by atoms with Crippen molar-refractivity contribution in [2.75, 3.05) is 6.54 Å². The van der Waals surface area contributed by atoms with Crippen molar-refractivity contribution in [1.29, 1.82) is 0 Å². The van der Waals surface area contributed by atoms with E-state index in [9.17, 15) is 10.2 Å². The molecule has 27 heavy (non-hydrogen) atoms. The van der Waals surface area contributed by atoms with Crippen LogP contribution < -0.4 is 0 Å². The zero-order valence-electron chi connectivity index (χ0n) is 16.3. The van der Waals surface area contributed by atoms with E-state index in [1.54, 1.807) is 6.07 Å². The van der Waals surface area contributed by atoms with Crippen LogP contribution in [0.15, 0.2) is 29.3 Å². The lowest BCUT2D eigenvalue weighted by Gasteiger charge is -2.19. The Bertz CT molecular complexity index is 1070. The molecule has 0 spiro atoms. The van der Waals surface area contributed by atoms with E-state index in [-0.39, 0.29) is 17.4 Å². The number of rotatable bonds is 3. The number of phenols is 2. The second-order valence-electron chi connectivity index (χ2n) is 7.87. The van der Waals surface area contributed by atoms with Gasteiger partial charge in [-0.3, -0.25) is 4.99 Å². The van der Waals surface area contributed by atoms with Crippen molar-refractivity contribution in [2.24, 2.45) is 4.99 Å². The van der Waals surface area contributed by atoms with Crippen LogP contribution in [0.1, 0.15) is 53.3 Å². The second-order valence-corrected chi connectivity index (χ2v) is 7.87. The second kappa shape index (κ2) is 6.45. The number of aliphatic imine (C=N–C) groups is 1. The maximum Gasteiger partial charge on any atom is 0.123 e. The van der Waals surface area contributed by atoms with Crippen LogP contribution >= 0.6 is 0 Å². The number of aromatic nitrogens is 1. The molecule has 1 aliphatic heterocycles. The van der Waals surface area contributed by atoms with Crippen LogP contribution in [0.2, 0.25) is 0 Å². The van der Waals surface area contributed by atoms with Gasteiger partial charge in [0.1, 0.15) is 11.5 Å². The van der Waals surface area contributed by atoms with E-state index in [0.717, 1.165) is 46.6 Å². The zero-order chi connectivity index (χ0) is 19.3. The fourth-order valence-corrected chi connectivity index (χ4v) is 4.06. The third-order valence-corrected chi connectivity index (χ3v) is 5.67. The number of nitrogens with one attached hydrogen (secondary N) is 1. The van der Waals surface area contributed by atoms with Crippen molar-refractivity contribution in [3.63, 3.8) is 0 Å². The van der Waals surface area contributed by atoms with Crippen molar-refractivity contribution in [2.45, 2.75) is 46.5 Å². The molecular formula is C23H26N2O2. The van der Waals surface area contributed by atoms with E-state index in [4.69, 9.17) is 4.99 Å². The van der Waals surface area contributed by atoms with Crippen molar-refractivity contribution >= 4 is 16.6 Å². The summed E-state index contributed by atoms with van der Waals surface area (Å²) < 4.78 is 0. The minimum Gasteiger partial charge on any atom is -0.508 e. The van der Waals surface area contributed by atoms with E-state index < -0.39 is 0 Å². The Labute approximate surface area is 159 Å². The molecule has 2 aromatic carbocycles. The molecule has 1 aliphatic rings. The van der Waals surface area contributed by atoms with Gasteiger partial charge in [-0.25, -0.2) is 0 Å². The highest BCUT2D eigenvalue weighted by Crippen LogP contribution is 2.38. The number of aryl methyl sites for hydroxylation is 1. The van der Waals surface area contributed by atoms with Crippen molar-refractivity contribution in [1.82, 2.24) is 4.98 Å². The van der Waals surface area contributed by atoms with Gasteiger partial charge in [0.15, 0.2) is 0 Å². The molecule has 0 amide bonds. The Kier molecular flexibility index (Phi) is 4.22. The van der Waals surface area contributed by atoms with Crippen LogP contribution in [0.5, 0.6) is 11.5 Å². The van der Waals surface area contributed by atoms with Gasteiger partial charge in [0, 0.05) is 35.0 Å². The van der Waals surface area contributed by atoms with Crippen LogP contribution in [0.3, 0.4) is 0 Å². The van der Waals surface area contributed by atoms with Crippen molar-refractivity contribution in [3.8, 4) is 11.5 Å². The first-order valence-corrected chi connectivity index (χ1v) is 9.56. The lowest BCUT2D eigenvalue weighted by molar-refractivity contribution is 0.443. The summed E-state index contributed by atoms with van der Waals surface area (Å²) in [7, 11) is 0. The summed E-state index contributed by atoms with van der Waals surface area (Å²) in [6.07, 6.45) is 1.43. The monoisotopic (exact) mass is 362 g/mol. The topological polar surface area (TPSA) is 68.6 Å². The number of hydrogen-bond donors (Lipinski definition) is 3. The van der Waals surface area contributed by atoms with E-state index in [1.807, 2.05) is 20.8 Å². The molecule has 0 saturated carbocycles. The van der Waals surface area contributed by atoms with Gasteiger partial charge in [-0.2, -0.15) is 0 Å². The molecule has 140 valence electrons. The first-order chi connectivity index (χ1) is 12.9. The smallest absolute Gasteiger partial charge is 0.123 e. The Morgan fingerprint density at radius 3 is 2.67 bits per heavy atom. The molecule has 0 aliphatic carbocycles. The molecule has 4 nitrogen and oxygen atoms in total. The Morgan fingerprint density at radius 2 is 1.93 bits per heavy atom. The molecule has 4 heteroatoms. The molecule has 4 rings (SSSR count). The van der Waals surface area contributed by atoms with Crippen LogP contribution in [0.4, 0.5) is 0 Å². The highest BCUT2D eigenvalue weighted by atomic mass is 16.3. The highest BCUT2D eigenvalue weighted by molar-refractivity contribution is 6.07. The van der Waals surface area contributed by atoms with Gasteiger partial charge in [-0.1, -0.05) is 26.0 Å². The summed E-state index contributed by atoms with van der Waals surface area (Å²) >= 11 is 0. The SMILES string of the molecule is Cc1ccc2c3c([nH]c2c1)C(Cc1c(C)c(O)cc(C(C)C)c1O)=NCC3. The normalized spacial score (nSPS) is 13.9. The number of H-pyrrole nitrogens is 1. The summed E-state index contributed by atoms with van der Waals surface area (Å²) in [5.74, 6) is 0.646. The molecule has 0 fully saturated rings. The number of nitrogens with zero attached hydrogens (tertiary/aromatic N) is 1. The largest absolute Gasteiger partial charge is 0.508 e. The number of fused-ring (bicyclic) bond motifs is 3. The lowest BCUT2D eigenvalue weighted by Crippen LogP contribution is -2.16. The van der Waals surface area contributed by atoms with E-state index >= 15 is 0 Å². The maximum atomic E-state index is 10.8. The first kappa shape index (κ1) is 17.7. The highest BCUT2D eigenvalue weighted by Gasteiger charge is 2.23.